The molecule has 0 aromatic rings. The van der Waals surface area contributed by atoms with E-state index in [0.717, 1.165) is 38.4 Å². The Kier molecular flexibility index (Phi) is 29.9. The van der Waals surface area contributed by atoms with Crippen LogP contribution in [0.3, 0.4) is 0 Å². The minimum absolute atomic E-state index is 0.689. The lowest BCUT2D eigenvalue weighted by atomic mass is 10.2. The molecular weight excluding hydrogens is 408 g/mol. The van der Waals surface area contributed by atoms with Crippen molar-refractivity contribution in [3.05, 3.63) is 0 Å². The van der Waals surface area contributed by atoms with Gasteiger partial charge in [-0.3, -0.25) is 9.80 Å². The van der Waals surface area contributed by atoms with Crippen molar-refractivity contribution in [3.63, 3.8) is 0 Å². The first-order valence-electron chi connectivity index (χ1n) is 14.3. The van der Waals surface area contributed by atoms with Gasteiger partial charge in [-0.15, -0.1) is 0 Å². The number of likely N-dealkylation sites (tertiary alicyclic amines) is 1. The molecule has 5 nitrogen and oxygen atoms in total. The van der Waals surface area contributed by atoms with Gasteiger partial charge in [0, 0.05) is 57.4 Å². The average molecular weight is 475 g/mol. The highest BCUT2D eigenvalue weighted by atomic mass is 16.5. The van der Waals surface area contributed by atoms with E-state index in [1.54, 1.807) is 0 Å². The summed E-state index contributed by atoms with van der Waals surface area (Å²) < 4.78 is 5.21. The number of hydrogen-bond acceptors (Lipinski definition) is 5. The summed E-state index contributed by atoms with van der Waals surface area (Å²) in [4.78, 5) is 9.88. The van der Waals surface area contributed by atoms with Crippen molar-refractivity contribution < 1.29 is 4.74 Å². The SMILES string of the molecule is CC.CC.CC.CC(C)N1CCCC1.CC(C)N1CCN(C)CC1.CC(C)N1CCOCC1. The summed E-state index contributed by atoms with van der Waals surface area (Å²) in [5, 5.41) is 0. The molecule has 3 saturated heterocycles. The highest BCUT2D eigenvalue weighted by molar-refractivity contribution is 4.71. The van der Waals surface area contributed by atoms with E-state index in [9.17, 15) is 0 Å². The highest BCUT2D eigenvalue weighted by Crippen LogP contribution is 2.10. The summed E-state index contributed by atoms with van der Waals surface area (Å²) >= 11 is 0. The fourth-order valence-corrected chi connectivity index (χ4v) is 3.69. The first-order chi connectivity index (χ1) is 15.8. The second kappa shape index (κ2) is 26.4. The van der Waals surface area contributed by atoms with Gasteiger partial charge in [0.05, 0.1) is 13.2 Å². The highest BCUT2D eigenvalue weighted by Gasteiger charge is 2.15. The molecular formula is C28H66N4O. The van der Waals surface area contributed by atoms with Crippen LogP contribution in [0.1, 0.15) is 95.9 Å². The van der Waals surface area contributed by atoms with Crippen LogP contribution < -0.4 is 0 Å². The van der Waals surface area contributed by atoms with Crippen LogP contribution in [0.5, 0.6) is 0 Å². The second-order valence-electron chi connectivity index (χ2n) is 9.01. The third-order valence-electron chi connectivity index (χ3n) is 5.92. The molecule has 0 radical (unpaired) electrons. The van der Waals surface area contributed by atoms with Gasteiger partial charge in [-0.1, -0.05) is 41.5 Å². The molecule has 0 atom stereocenters. The van der Waals surface area contributed by atoms with Crippen LogP contribution in [0.25, 0.3) is 0 Å². The molecule has 5 heteroatoms. The Morgan fingerprint density at radius 2 is 0.758 bits per heavy atom. The van der Waals surface area contributed by atoms with E-state index >= 15 is 0 Å². The Hall–Kier alpha value is -0.200. The molecule has 3 rings (SSSR count). The van der Waals surface area contributed by atoms with Crippen LogP contribution in [0, 0.1) is 0 Å². The third kappa shape index (κ3) is 20.9. The smallest absolute Gasteiger partial charge is 0.0594 e. The van der Waals surface area contributed by atoms with Crippen molar-refractivity contribution in [3.8, 4) is 0 Å². The Bertz CT molecular complexity index is 344. The number of rotatable bonds is 3. The molecule has 0 unspecified atom stereocenters. The molecule has 204 valence electrons. The van der Waals surface area contributed by atoms with E-state index in [1.165, 1.54) is 52.1 Å². The molecule has 0 amide bonds. The number of ether oxygens (including phenoxy) is 1. The van der Waals surface area contributed by atoms with Crippen LogP contribution in [0.2, 0.25) is 0 Å². The molecule has 3 fully saturated rings. The molecule has 3 heterocycles. The molecule has 0 aromatic carbocycles. The van der Waals surface area contributed by atoms with E-state index in [1.807, 2.05) is 41.5 Å². The fraction of sp³-hybridized carbons (Fsp3) is 1.00. The normalized spacial score (nSPS) is 19.6. The van der Waals surface area contributed by atoms with Gasteiger partial charge in [-0.05, 0) is 74.5 Å². The van der Waals surface area contributed by atoms with Crippen LogP contribution in [0.15, 0.2) is 0 Å². The van der Waals surface area contributed by atoms with Gasteiger partial charge in [-0.2, -0.15) is 0 Å². The van der Waals surface area contributed by atoms with Gasteiger partial charge < -0.3 is 14.5 Å². The molecule has 3 aliphatic rings. The zero-order valence-corrected chi connectivity index (χ0v) is 25.4. The zero-order chi connectivity index (χ0) is 26.2. The molecule has 0 aliphatic carbocycles. The number of likely N-dealkylation sites (N-methyl/N-ethyl adjacent to an activating group) is 1. The molecule has 0 aromatic heterocycles. The van der Waals surface area contributed by atoms with Crippen molar-refractivity contribution in [2.24, 2.45) is 0 Å². The Labute approximate surface area is 211 Å². The molecule has 0 N–H and O–H groups in total. The first-order valence-corrected chi connectivity index (χ1v) is 14.3. The summed E-state index contributed by atoms with van der Waals surface area (Å²) in [6.45, 7) is 37.2. The van der Waals surface area contributed by atoms with Gasteiger partial charge in [-0.25, -0.2) is 0 Å². The zero-order valence-electron chi connectivity index (χ0n) is 25.4. The van der Waals surface area contributed by atoms with Gasteiger partial charge in [0.15, 0.2) is 0 Å². The first kappa shape index (κ1) is 37.4. The summed E-state index contributed by atoms with van der Waals surface area (Å²) in [5.74, 6) is 0. The van der Waals surface area contributed by atoms with Crippen molar-refractivity contribution in [2.45, 2.75) is 114 Å². The van der Waals surface area contributed by atoms with E-state index in [2.05, 4.69) is 68.2 Å². The van der Waals surface area contributed by atoms with Gasteiger partial charge in [0.2, 0.25) is 0 Å². The van der Waals surface area contributed by atoms with Crippen LogP contribution in [-0.2, 0) is 4.74 Å². The van der Waals surface area contributed by atoms with Crippen molar-refractivity contribution in [2.75, 3.05) is 72.6 Å². The Morgan fingerprint density at radius 1 is 0.455 bits per heavy atom. The van der Waals surface area contributed by atoms with Crippen molar-refractivity contribution >= 4 is 0 Å². The third-order valence-corrected chi connectivity index (χ3v) is 5.92. The summed E-state index contributed by atoms with van der Waals surface area (Å²) in [5.41, 5.74) is 0. The predicted molar refractivity (Wildman–Crippen MR) is 152 cm³/mol. The Morgan fingerprint density at radius 3 is 1.03 bits per heavy atom. The molecule has 0 bridgehead atoms. The van der Waals surface area contributed by atoms with E-state index in [0.29, 0.717) is 6.04 Å². The van der Waals surface area contributed by atoms with Crippen LogP contribution in [-0.4, -0.2) is 110 Å². The standard InChI is InChI=1S/C8H18N2.C7H15NO.C7H15N.3C2H6/c1-8(2)10-6-4-9(3)5-7-10;1-7(2)8-3-5-9-6-4-8;1-7(2)8-5-3-4-6-8;3*1-2/h8H,4-7H2,1-3H3;7H,3-6H2,1-2H3;7H,3-6H2,1-2H3;3*1-2H3. The van der Waals surface area contributed by atoms with Gasteiger partial charge >= 0.3 is 0 Å². The van der Waals surface area contributed by atoms with E-state index in [4.69, 9.17) is 4.74 Å². The van der Waals surface area contributed by atoms with Crippen LogP contribution in [0.4, 0.5) is 0 Å². The predicted octanol–water partition coefficient (Wildman–Crippen LogP) is 5.94. The number of nitrogens with zero attached hydrogens (tertiary/aromatic N) is 4. The van der Waals surface area contributed by atoms with Crippen molar-refractivity contribution in [1.29, 1.82) is 0 Å². The average Bonchev–Trinajstić information content (AvgIpc) is 3.40. The minimum atomic E-state index is 0.689. The number of morpholine rings is 1. The van der Waals surface area contributed by atoms with Crippen LogP contribution >= 0.6 is 0 Å². The van der Waals surface area contributed by atoms with E-state index < -0.39 is 0 Å². The lowest BCUT2D eigenvalue weighted by Crippen LogP contribution is -2.47. The maximum absolute atomic E-state index is 5.21. The topological polar surface area (TPSA) is 22.2 Å². The van der Waals surface area contributed by atoms with E-state index in [-0.39, 0.29) is 0 Å². The molecule has 0 spiro atoms. The summed E-state index contributed by atoms with van der Waals surface area (Å²) in [6, 6.07) is 2.19. The maximum Gasteiger partial charge on any atom is 0.0594 e. The number of hydrogen-bond donors (Lipinski definition) is 0. The summed E-state index contributed by atoms with van der Waals surface area (Å²) in [6.07, 6.45) is 2.83. The minimum Gasteiger partial charge on any atom is -0.379 e. The molecule has 3 aliphatic heterocycles. The lowest BCUT2D eigenvalue weighted by molar-refractivity contribution is 0.0238. The molecule has 0 saturated carbocycles. The number of piperazine rings is 1. The quantitative estimate of drug-likeness (QED) is 0.503. The van der Waals surface area contributed by atoms with Gasteiger partial charge in [0.1, 0.15) is 0 Å². The molecule has 33 heavy (non-hydrogen) atoms. The second-order valence-corrected chi connectivity index (χ2v) is 9.01. The fourth-order valence-electron chi connectivity index (χ4n) is 3.69. The van der Waals surface area contributed by atoms with Crippen molar-refractivity contribution in [1.82, 2.24) is 19.6 Å². The largest absolute Gasteiger partial charge is 0.379 e. The van der Waals surface area contributed by atoms with Gasteiger partial charge in [0.25, 0.3) is 0 Å². The lowest BCUT2D eigenvalue weighted by Gasteiger charge is -2.34. The Balaban J connectivity index is -0.000000368. The maximum atomic E-state index is 5.21. The monoisotopic (exact) mass is 475 g/mol. The summed E-state index contributed by atoms with van der Waals surface area (Å²) in [7, 11) is 2.19.